The Morgan fingerprint density at radius 1 is 1.43 bits per heavy atom. The number of sulfone groups is 1. The van der Waals surface area contributed by atoms with Crippen LogP contribution in [0.1, 0.15) is 27.2 Å². The number of hydrogen-bond donors (Lipinski definition) is 4. The molecule has 0 spiro atoms. The van der Waals surface area contributed by atoms with Gasteiger partial charge in [-0.05, 0) is 5.04 Å². The molecule has 0 bridgehead atoms. The first kappa shape index (κ1) is 22.9. The van der Waals surface area contributed by atoms with Gasteiger partial charge in [-0.1, -0.05) is 33.9 Å². The molecule has 168 valence electrons. The van der Waals surface area contributed by atoms with Crippen LogP contribution >= 0.6 is 0 Å². The van der Waals surface area contributed by atoms with Crippen molar-refractivity contribution < 1.29 is 23.4 Å². The van der Waals surface area contributed by atoms with Crippen LogP contribution < -0.4 is 11.3 Å². The van der Waals surface area contributed by atoms with Gasteiger partial charge in [0.25, 0.3) is 5.56 Å². The minimum Gasteiger partial charge on any atom is -0.394 e. The molecule has 1 aliphatic rings. The maximum Gasteiger partial charge on any atom is 0.263 e. The van der Waals surface area contributed by atoms with Crippen LogP contribution in [-0.4, -0.2) is 66.3 Å². The minimum atomic E-state index is -3.79. The monoisotopic (exact) mass is 458 g/mol. The van der Waals surface area contributed by atoms with E-state index in [0.717, 1.165) is 6.26 Å². The molecule has 2 aromatic heterocycles. The fourth-order valence-corrected chi connectivity index (χ4v) is 8.03. The lowest BCUT2D eigenvalue weighted by molar-refractivity contribution is -0.0741. The highest BCUT2D eigenvalue weighted by Crippen LogP contribution is 2.53. The number of aliphatic hydroxyl groups excluding tert-OH is 2. The second-order valence-corrected chi connectivity index (χ2v) is 17.1. The summed E-state index contributed by atoms with van der Waals surface area (Å²) in [5.74, 6) is -0.158. The molecule has 30 heavy (non-hydrogen) atoms. The molecule has 1 aliphatic heterocycles. The van der Waals surface area contributed by atoms with E-state index in [-0.39, 0.29) is 33.3 Å². The normalized spacial score (nSPS) is 25.9. The Balaban J connectivity index is 2.49. The van der Waals surface area contributed by atoms with Crippen LogP contribution in [0.3, 0.4) is 0 Å². The molecule has 0 aliphatic carbocycles. The van der Waals surface area contributed by atoms with Gasteiger partial charge in [-0.2, -0.15) is 4.98 Å². The molecule has 10 nitrogen and oxygen atoms in total. The van der Waals surface area contributed by atoms with Crippen molar-refractivity contribution in [1.29, 1.82) is 0 Å². The van der Waals surface area contributed by atoms with Gasteiger partial charge in [0.15, 0.2) is 15.5 Å². The van der Waals surface area contributed by atoms with E-state index in [4.69, 9.17) is 10.5 Å². The van der Waals surface area contributed by atoms with Crippen LogP contribution in [0.2, 0.25) is 18.1 Å². The number of nitrogen functional groups attached to an aromatic ring is 1. The number of anilines is 1. The summed E-state index contributed by atoms with van der Waals surface area (Å²) in [6.07, 6.45) is 0.673. The topological polar surface area (TPSA) is 161 Å². The van der Waals surface area contributed by atoms with Crippen molar-refractivity contribution in [2.45, 2.75) is 67.8 Å². The molecular weight excluding hydrogens is 428 g/mol. The van der Waals surface area contributed by atoms with Gasteiger partial charge in [-0.25, -0.2) is 8.42 Å². The third-order valence-electron chi connectivity index (χ3n) is 6.72. The summed E-state index contributed by atoms with van der Waals surface area (Å²) in [6, 6.07) is 0. The lowest BCUT2D eigenvalue weighted by Crippen LogP contribution is -2.61. The van der Waals surface area contributed by atoms with Crippen LogP contribution in [0.15, 0.2) is 15.9 Å². The quantitative estimate of drug-likeness (QED) is 0.483. The van der Waals surface area contributed by atoms with Gasteiger partial charge in [0.05, 0.1) is 17.6 Å². The van der Waals surface area contributed by atoms with E-state index in [1.807, 2.05) is 0 Å². The molecule has 12 heteroatoms. The fraction of sp³-hybridized carbons (Fsp3) is 0.667. The van der Waals surface area contributed by atoms with Crippen LogP contribution in [0, 0.1) is 0 Å². The number of nitrogens with zero attached hydrogens (tertiary/aromatic N) is 2. The third kappa shape index (κ3) is 3.21. The highest BCUT2D eigenvalue weighted by Gasteiger charge is 2.62. The summed E-state index contributed by atoms with van der Waals surface area (Å²) >= 11 is 0. The summed E-state index contributed by atoms with van der Waals surface area (Å²) < 4.78 is 32.9. The Morgan fingerprint density at radius 3 is 2.50 bits per heavy atom. The van der Waals surface area contributed by atoms with Gasteiger partial charge in [0.2, 0.25) is 5.95 Å². The molecule has 1 saturated heterocycles. The molecule has 2 aromatic rings. The van der Waals surface area contributed by atoms with Crippen molar-refractivity contribution in [2.75, 3.05) is 18.6 Å². The van der Waals surface area contributed by atoms with E-state index in [2.05, 4.69) is 43.8 Å². The first-order chi connectivity index (χ1) is 13.6. The van der Waals surface area contributed by atoms with Gasteiger partial charge in [-0.15, -0.1) is 0 Å². The van der Waals surface area contributed by atoms with Crippen molar-refractivity contribution in [2.24, 2.45) is 0 Å². The Labute approximate surface area is 176 Å². The number of fused-ring (bicyclic) bond motifs is 1. The molecule has 3 atom stereocenters. The van der Waals surface area contributed by atoms with Crippen molar-refractivity contribution in [1.82, 2.24) is 14.5 Å². The Bertz CT molecular complexity index is 1150. The van der Waals surface area contributed by atoms with Crippen LogP contribution in [0.4, 0.5) is 5.95 Å². The first-order valence-corrected chi connectivity index (χ1v) is 14.5. The Kier molecular flexibility index (Phi) is 5.27. The number of aromatic amines is 1. The average Bonchev–Trinajstić information content (AvgIpc) is 3.12. The Morgan fingerprint density at radius 2 is 2.03 bits per heavy atom. The van der Waals surface area contributed by atoms with E-state index < -0.39 is 47.6 Å². The van der Waals surface area contributed by atoms with Gasteiger partial charge < -0.3 is 25.3 Å². The summed E-state index contributed by atoms with van der Waals surface area (Å²) in [7, 11) is -6.37. The fourth-order valence-electron chi connectivity index (χ4n) is 4.07. The zero-order valence-corrected chi connectivity index (χ0v) is 19.9. The predicted octanol–water partition coefficient (Wildman–Crippen LogP) is 0.553. The second-order valence-electron chi connectivity index (χ2n) is 9.56. The number of nitrogens with two attached hydrogens (primary N) is 1. The van der Waals surface area contributed by atoms with Gasteiger partial charge in [0, 0.05) is 18.9 Å². The van der Waals surface area contributed by atoms with Crippen molar-refractivity contribution in [3.63, 3.8) is 0 Å². The smallest absolute Gasteiger partial charge is 0.263 e. The molecule has 3 rings (SSSR count). The van der Waals surface area contributed by atoms with Gasteiger partial charge >= 0.3 is 0 Å². The first-order valence-electron chi connectivity index (χ1n) is 9.65. The van der Waals surface area contributed by atoms with Crippen LogP contribution in [-0.2, 0) is 19.9 Å². The number of rotatable bonds is 4. The SMILES string of the molecule is CC(C)(C)[Si](C)(C)[C@]1(n2cc(S(C)(=O)=O)c3c(=O)[nH]c(N)nc32)C[C@H](O)[C@@H](CO)O1. The molecule has 0 unspecified atom stereocenters. The third-order valence-corrected chi connectivity index (χ3v) is 14.1. The second kappa shape index (κ2) is 6.89. The molecule has 0 saturated carbocycles. The van der Waals surface area contributed by atoms with Gasteiger partial charge in [0.1, 0.15) is 24.9 Å². The summed E-state index contributed by atoms with van der Waals surface area (Å²) in [4.78, 5) is 19.1. The van der Waals surface area contributed by atoms with Crippen molar-refractivity contribution in [3.8, 4) is 0 Å². The molecule has 1 fully saturated rings. The lowest BCUT2D eigenvalue weighted by Gasteiger charge is -2.50. The van der Waals surface area contributed by atoms with Gasteiger partial charge in [-0.3, -0.25) is 9.78 Å². The number of aromatic nitrogens is 3. The summed E-state index contributed by atoms with van der Waals surface area (Å²) in [5, 5.41) is 18.9. The largest absolute Gasteiger partial charge is 0.394 e. The van der Waals surface area contributed by atoms with E-state index in [1.165, 1.54) is 6.20 Å². The van der Waals surface area contributed by atoms with Crippen LogP contribution in [0.25, 0.3) is 11.0 Å². The summed E-state index contributed by atoms with van der Waals surface area (Å²) in [5.41, 5.74) is 5.19. The Hall–Kier alpha value is -1.73. The predicted molar refractivity (Wildman–Crippen MR) is 116 cm³/mol. The number of hydrogen-bond acceptors (Lipinski definition) is 8. The molecule has 0 amide bonds. The maximum atomic E-state index is 12.7. The lowest BCUT2D eigenvalue weighted by atomic mass is 10.2. The molecule has 5 N–H and O–H groups in total. The number of nitrogens with one attached hydrogen (secondary N) is 1. The molecular formula is C18H30N4O6SSi. The van der Waals surface area contributed by atoms with E-state index in [9.17, 15) is 23.4 Å². The maximum absolute atomic E-state index is 12.7. The summed E-state index contributed by atoms with van der Waals surface area (Å²) in [6.45, 7) is 9.91. The highest BCUT2D eigenvalue weighted by molar-refractivity contribution is 7.91. The average molecular weight is 459 g/mol. The number of H-pyrrole nitrogens is 1. The number of ether oxygens (including phenoxy) is 1. The molecule has 0 radical (unpaired) electrons. The van der Waals surface area contributed by atoms with Crippen molar-refractivity contribution in [3.05, 3.63) is 16.6 Å². The molecule has 3 heterocycles. The van der Waals surface area contributed by atoms with E-state index in [1.54, 1.807) is 4.57 Å². The zero-order chi connectivity index (χ0) is 22.9. The standard InChI is InChI=1S/C18H30N4O6SSi/c1-17(2,3)30(5,6)18(7-10(24)11(9-23)28-18)22-8-12(29(4,26)27)13-14(22)20-16(19)21-15(13)25/h8,10-11,23-24H,7,9H2,1-6H3,(H3,19,20,21,25)/t10-,11+,18-/m0/s1. The van der Waals surface area contributed by atoms with E-state index >= 15 is 0 Å². The molecule has 0 aromatic carbocycles. The number of aliphatic hydroxyl groups is 2. The minimum absolute atomic E-state index is 0.0762. The highest BCUT2D eigenvalue weighted by atomic mass is 32.2. The zero-order valence-electron chi connectivity index (χ0n) is 18.1. The van der Waals surface area contributed by atoms with Crippen LogP contribution in [0.5, 0.6) is 0 Å². The van der Waals surface area contributed by atoms with Crippen molar-refractivity contribution >= 4 is 34.9 Å². The van der Waals surface area contributed by atoms with E-state index in [0.29, 0.717) is 0 Å².